The molecule has 1 aromatic heterocycles. The third-order valence-electron chi connectivity index (χ3n) is 3.34. The number of aromatic nitrogens is 1. The summed E-state index contributed by atoms with van der Waals surface area (Å²) in [6.45, 7) is 3.62. The van der Waals surface area contributed by atoms with Crippen molar-refractivity contribution in [2.45, 2.75) is 20.4 Å². The first-order chi connectivity index (χ1) is 11.0. The fourth-order valence-corrected chi connectivity index (χ4v) is 2.13. The number of H-pyrrole nitrogens is 1. The summed E-state index contributed by atoms with van der Waals surface area (Å²) in [5.41, 5.74) is 2.48. The standard InChI is InChI=1S/C17H18N2O4/c1-11-7-12(2)19-17(22)15(11)8-18-16(21)10-23-14-5-3-13(9-20)4-6-14/h3-7,9H,8,10H2,1-2H3,(H,18,21)(H,19,22). The Morgan fingerprint density at radius 3 is 2.57 bits per heavy atom. The van der Waals surface area contributed by atoms with Crippen molar-refractivity contribution >= 4 is 12.2 Å². The summed E-state index contributed by atoms with van der Waals surface area (Å²) in [5.74, 6) is 0.166. The number of nitrogens with one attached hydrogen (secondary N) is 2. The van der Waals surface area contributed by atoms with Crippen LogP contribution < -0.4 is 15.6 Å². The number of pyridine rings is 1. The predicted molar refractivity (Wildman–Crippen MR) is 85.7 cm³/mol. The predicted octanol–water partition coefficient (Wildman–Crippen LogP) is 1.50. The van der Waals surface area contributed by atoms with E-state index in [-0.39, 0.29) is 24.6 Å². The number of hydrogen-bond donors (Lipinski definition) is 2. The highest BCUT2D eigenvalue weighted by atomic mass is 16.5. The van der Waals surface area contributed by atoms with E-state index in [1.807, 2.05) is 13.0 Å². The first kappa shape index (κ1) is 16.5. The fraction of sp³-hybridized carbons (Fsp3) is 0.235. The zero-order valence-corrected chi connectivity index (χ0v) is 13.0. The van der Waals surface area contributed by atoms with Crippen LogP contribution in [-0.4, -0.2) is 23.8 Å². The first-order valence-corrected chi connectivity index (χ1v) is 7.13. The van der Waals surface area contributed by atoms with Gasteiger partial charge < -0.3 is 15.0 Å². The lowest BCUT2D eigenvalue weighted by atomic mass is 10.1. The summed E-state index contributed by atoms with van der Waals surface area (Å²) >= 11 is 0. The lowest BCUT2D eigenvalue weighted by Gasteiger charge is -2.09. The van der Waals surface area contributed by atoms with Gasteiger partial charge in [0.15, 0.2) is 6.61 Å². The quantitative estimate of drug-likeness (QED) is 0.791. The Balaban J connectivity index is 1.88. The van der Waals surface area contributed by atoms with Crippen molar-refractivity contribution in [1.29, 1.82) is 0 Å². The number of carbonyl (C=O) groups excluding carboxylic acids is 2. The van der Waals surface area contributed by atoms with E-state index in [2.05, 4.69) is 10.3 Å². The van der Waals surface area contributed by atoms with E-state index in [0.29, 0.717) is 16.9 Å². The van der Waals surface area contributed by atoms with Crippen LogP contribution in [0.1, 0.15) is 27.2 Å². The number of aldehydes is 1. The molecule has 0 saturated heterocycles. The molecule has 0 spiro atoms. The van der Waals surface area contributed by atoms with Gasteiger partial charge in [0.2, 0.25) is 0 Å². The molecule has 6 nitrogen and oxygen atoms in total. The first-order valence-electron chi connectivity index (χ1n) is 7.13. The molecule has 6 heteroatoms. The lowest BCUT2D eigenvalue weighted by molar-refractivity contribution is -0.123. The number of ether oxygens (including phenoxy) is 1. The SMILES string of the molecule is Cc1cc(C)c(CNC(=O)COc2ccc(C=O)cc2)c(=O)[nH]1. The summed E-state index contributed by atoms with van der Waals surface area (Å²) < 4.78 is 5.32. The van der Waals surface area contributed by atoms with Gasteiger partial charge in [0, 0.05) is 23.4 Å². The Morgan fingerprint density at radius 1 is 1.26 bits per heavy atom. The molecule has 0 unspecified atom stereocenters. The van der Waals surface area contributed by atoms with E-state index in [0.717, 1.165) is 17.5 Å². The van der Waals surface area contributed by atoms with Crippen LogP contribution in [0.3, 0.4) is 0 Å². The molecule has 0 aliphatic heterocycles. The topological polar surface area (TPSA) is 88.3 Å². The second-order valence-electron chi connectivity index (χ2n) is 5.20. The third-order valence-corrected chi connectivity index (χ3v) is 3.34. The molecule has 1 heterocycles. The molecule has 0 radical (unpaired) electrons. The van der Waals surface area contributed by atoms with Crippen LogP contribution in [0, 0.1) is 13.8 Å². The molecule has 0 aliphatic rings. The summed E-state index contributed by atoms with van der Waals surface area (Å²) in [6, 6.07) is 8.30. The van der Waals surface area contributed by atoms with Crippen LogP contribution >= 0.6 is 0 Å². The minimum absolute atomic E-state index is 0.147. The van der Waals surface area contributed by atoms with Gasteiger partial charge >= 0.3 is 0 Å². The Hall–Kier alpha value is -2.89. The van der Waals surface area contributed by atoms with Gasteiger partial charge in [-0.05, 0) is 49.7 Å². The lowest BCUT2D eigenvalue weighted by Crippen LogP contribution is -2.31. The van der Waals surface area contributed by atoms with Crippen molar-refractivity contribution in [3.05, 3.63) is 63.1 Å². The highest BCUT2D eigenvalue weighted by Crippen LogP contribution is 2.10. The molecule has 0 atom stereocenters. The molecule has 2 rings (SSSR count). The molecule has 0 saturated carbocycles. The highest BCUT2D eigenvalue weighted by molar-refractivity contribution is 5.77. The molecule has 1 aromatic carbocycles. The van der Waals surface area contributed by atoms with E-state index < -0.39 is 0 Å². The van der Waals surface area contributed by atoms with Crippen LogP contribution in [0.25, 0.3) is 0 Å². The van der Waals surface area contributed by atoms with Gasteiger partial charge in [-0.3, -0.25) is 14.4 Å². The number of carbonyl (C=O) groups is 2. The van der Waals surface area contributed by atoms with Crippen LogP contribution in [0.5, 0.6) is 5.75 Å². The van der Waals surface area contributed by atoms with E-state index in [4.69, 9.17) is 4.74 Å². The van der Waals surface area contributed by atoms with Gasteiger partial charge in [0.25, 0.3) is 11.5 Å². The maximum atomic E-state index is 11.8. The summed E-state index contributed by atoms with van der Waals surface area (Å²) in [4.78, 5) is 36.9. The van der Waals surface area contributed by atoms with Gasteiger partial charge in [-0.15, -0.1) is 0 Å². The molecule has 0 aliphatic carbocycles. The number of aromatic amines is 1. The molecular formula is C17H18N2O4. The van der Waals surface area contributed by atoms with Crippen molar-refractivity contribution in [3.8, 4) is 5.75 Å². The van der Waals surface area contributed by atoms with Gasteiger partial charge in [-0.25, -0.2) is 0 Å². The van der Waals surface area contributed by atoms with E-state index in [1.165, 1.54) is 0 Å². The fourth-order valence-electron chi connectivity index (χ4n) is 2.13. The molecule has 23 heavy (non-hydrogen) atoms. The van der Waals surface area contributed by atoms with E-state index >= 15 is 0 Å². The van der Waals surface area contributed by atoms with Gasteiger partial charge in [-0.1, -0.05) is 0 Å². The van der Waals surface area contributed by atoms with Crippen molar-refractivity contribution in [2.24, 2.45) is 0 Å². The van der Waals surface area contributed by atoms with Crippen LogP contribution in [0.15, 0.2) is 35.1 Å². The number of benzene rings is 1. The smallest absolute Gasteiger partial charge is 0.258 e. The van der Waals surface area contributed by atoms with Gasteiger partial charge in [-0.2, -0.15) is 0 Å². The maximum Gasteiger partial charge on any atom is 0.258 e. The highest BCUT2D eigenvalue weighted by Gasteiger charge is 2.08. The zero-order valence-electron chi connectivity index (χ0n) is 13.0. The number of aryl methyl sites for hydroxylation is 2. The number of amides is 1. The number of rotatable bonds is 6. The Bertz CT molecular complexity index is 763. The molecule has 0 fully saturated rings. The normalized spacial score (nSPS) is 10.2. The molecule has 120 valence electrons. The van der Waals surface area contributed by atoms with E-state index in [9.17, 15) is 14.4 Å². The second-order valence-corrected chi connectivity index (χ2v) is 5.20. The van der Waals surface area contributed by atoms with Crippen LogP contribution in [-0.2, 0) is 11.3 Å². The van der Waals surface area contributed by atoms with E-state index in [1.54, 1.807) is 31.2 Å². The van der Waals surface area contributed by atoms with Crippen molar-refractivity contribution in [1.82, 2.24) is 10.3 Å². The molecule has 2 N–H and O–H groups in total. The van der Waals surface area contributed by atoms with Crippen molar-refractivity contribution < 1.29 is 14.3 Å². The molecule has 2 aromatic rings. The van der Waals surface area contributed by atoms with Crippen LogP contribution in [0.2, 0.25) is 0 Å². The molecule has 0 bridgehead atoms. The largest absolute Gasteiger partial charge is 0.484 e. The minimum atomic E-state index is -0.330. The minimum Gasteiger partial charge on any atom is -0.484 e. The Morgan fingerprint density at radius 2 is 1.96 bits per heavy atom. The van der Waals surface area contributed by atoms with Crippen LogP contribution in [0.4, 0.5) is 0 Å². The van der Waals surface area contributed by atoms with Crippen molar-refractivity contribution in [3.63, 3.8) is 0 Å². The summed E-state index contributed by atoms with van der Waals surface area (Å²) in [7, 11) is 0. The molecular weight excluding hydrogens is 296 g/mol. The second kappa shape index (κ2) is 7.40. The average molecular weight is 314 g/mol. The number of hydrogen-bond acceptors (Lipinski definition) is 4. The Kier molecular flexibility index (Phi) is 5.30. The zero-order chi connectivity index (χ0) is 16.8. The summed E-state index contributed by atoms with van der Waals surface area (Å²) in [6.07, 6.45) is 0.734. The monoisotopic (exact) mass is 314 g/mol. The summed E-state index contributed by atoms with van der Waals surface area (Å²) in [5, 5.41) is 2.65. The maximum absolute atomic E-state index is 11.8. The van der Waals surface area contributed by atoms with Gasteiger partial charge in [0.1, 0.15) is 12.0 Å². The van der Waals surface area contributed by atoms with Crippen molar-refractivity contribution in [2.75, 3.05) is 6.61 Å². The molecule has 1 amide bonds. The van der Waals surface area contributed by atoms with Gasteiger partial charge in [0.05, 0.1) is 0 Å². The average Bonchev–Trinajstić information content (AvgIpc) is 2.52. The third kappa shape index (κ3) is 4.54. The Labute approximate surface area is 133 Å².